The Morgan fingerprint density at radius 2 is 1.88 bits per heavy atom. The van der Waals surface area contributed by atoms with Crippen LogP contribution in [-0.2, 0) is 0 Å². The van der Waals surface area contributed by atoms with Crippen LogP contribution in [0, 0.1) is 13.8 Å². The molecule has 0 bridgehead atoms. The summed E-state index contributed by atoms with van der Waals surface area (Å²) in [5.41, 5.74) is 4.78. The predicted octanol–water partition coefficient (Wildman–Crippen LogP) is 5.07. The van der Waals surface area contributed by atoms with Crippen molar-refractivity contribution in [3.8, 4) is 16.4 Å². The van der Waals surface area contributed by atoms with E-state index in [0.29, 0.717) is 5.02 Å². The zero-order valence-corrected chi connectivity index (χ0v) is 15.7. The molecule has 0 fully saturated rings. The molecule has 26 heavy (non-hydrogen) atoms. The second-order valence-electron chi connectivity index (χ2n) is 6.12. The van der Waals surface area contributed by atoms with Crippen LogP contribution in [0.3, 0.4) is 0 Å². The second kappa shape index (κ2) is 5.65. The lowest BCUT2D eigenvalue weighted by atomic mass is 10.2. The molecule has 0 atom stereocenters. The molecule has 5 nitrogen and oxygen atoms in total. The van der Waals surface area contributed by atoms with Gasteiger partial charge in [0, 0.05) is 5.69 Å². The molecule has 0 aliphatic heterocycles. The molecule has 1 aromatic carbocycles. The van der Waals surface area contributed by atoms with Gasteiger partial charge in [0.2, 0.25) is 0 Å². The minimum absolute atomic E-state index is 0.690. The van der Waals surface area contributed by atoms with Crippen molar-refractivity contribution >= 4 is 39.6 Å². The summed E-state index contributed by atoms with van der Waals surface area (Å²) in [4.78, 5) is 10.5. The van der Waals surface area contributed by atoms with Gasteiger partial charge in [-0.2, -0.15) is 0 Å². The maximum absolute atomic E-state index is 6.45. The highest BCUT2D eigenvalue weighted by atomic mass is 35.5. The van der Waals surface area contributed by atoms with Crippen molar-refractivity contribution in [2.75, 3.05) is 0 Å². The maximum atomic E-state index is 6.45. The molecule has 0 radical (unpaired) electrons. The van der Waals surface area contributed by atoms with E-state index in [9.17, 15) is 0 Å². The Morgan fingerprint density at radius 1 is 1.04 bits per heavy atom. The van der Waals surface area contributed by atoms with Crippen molar-refractivity contribution in [1.29, 1.82) is 0 Å². The van der Waals surface area contributed by atoms with Crippen molar-refractivity contribution in [2.24, 2.45) is 0 Å². The number of aryl methyl sites for hydroxylation is 1. The lowest BCUT2D eigenvalue weighted by molar-refractivity contribution is 0.928. The van der Waals surface area contributed by atoms with E-state index in [1.807, 2.05) is 41.8 Å². The minimum Gasteiger partial charge on any atom is -0.297 e. The Balaban J connectivity index is 1.86. The summed E-state index contributed by atoms with van der Waals surface area (Å²) < 4.78 is 3.84. The van der Waals surface area contributed by atoms with E-state index in [0.717, 1.165) is 44.3 Å². The average Bonchev–Trinajstić information content (AvgIpc) is 3.35. The third kappa shape index (κ3) is 2.12. The molecule has 5 rings (SSSR count). The van der Waals surface area contributed by atoms with Crippen LogP contribution in [0.5, 0.6) is 0 Å². The normalized spacial score (nSPS) is 11.7. The Bertz CT molecular complexity index is 1270. The van der Waals surface area contributed by atoms with Crippen LogP contribution in [0.1, 0.15) is 11.3 Å². The van der Waals surface area contributed by atoms with E-state index in [-0.39, 0.29) is 0 Å². The molecule has 5 aromatic rings. The largest absolute Gasteiger partial charge is 0.297 e. The Labute approximate surface area is 158 Å². The molecule has 0 amide bonds. The van der Waals surface area contributed by atoms with E-state index in [2.05, 4.69) is 28.5 Å². The van der Waals surface area contributed by atoms with E-state index >= 15 is 0 Å². The first-order chi connectivity index (χ1) is 12.6. The molecule has 0 spiro atoms. The summed E-state index contributed by atoms with van der Waals surface area (Å²) >= 11 is 8.08. The quantitative estimate of drug-likeness (QED) is 0.430. The fourth-order valence-electron chi connectivity index (χ4n) is 3.30. The molecular formula is C19H14ClN5S. The summed E-state index contributed by atoms with van der Waals surface area (Å²) in [6.07, 6.45) is 1.72. The molecule has 0 saturated heterocycles. The Morgan fingerprint density at radius 3 is 2.65 bits per heavy atom. The highest BCUT2D eigenvalue weighted by Crippen LogP contribution is 2.33. The Kier molecular flexibility index (Phi) is 3.38. The number of aromatic nitrogens is 5. The van der Waals surface area contributed by atoms with Crippen molar-refractivity contribution in [2.45, 2.75) is 13.8 Å². The summed E-state index contributed by atoms with van der Waals surface area (Å²) in [6, 6.07) is 11.8. The van der Waals surface area contributed by atoms with Gasteiger partial charge in [-0.3, -0.25) is 4.57 Å². The molecule has 4 aromatic heterocycles. The van der Waals surface area contributed by atoms with Gasteiger partial charge < -0.3 is 0 Å². The van der Waals surface area contributed by atoms with Gasteiger partial charge in [0.15, 0.2) is 17.1 Å². The topological polar surface area (TPSA) is 48.0 Å². The van der Waals surface area contributed by atoms with Gasteiger partial charge in [-0.15, -0.1) is 16.4 Å². The number of hydrogen-bond donors (Lipinski definition) is 0. The van der Waals surface area contributed by atoms with Gasteiger partial charge in [0.05, 0.1) is 21.0 Å². The predicted molar refractivity (Wildman–Crippen MR) is 105 cm³/mol. The highest BCUT2D eigenvalue weighted by Gasteiger charge is 2.20. The molecular weight excluding hydrogens is 366 g/mol. The summed E-state index contributed by atoms with van der Waals surface area (Å²) in [5, 5.41) is 8.31. The average molecular weight is 380 g/mol. The van der Waals surface area contributed by atoms with Crippen LogP contribution >= 0.6 is 22.9 Å². The van der Waals surface area contributed by atoms with Crippen molar-refractivity contribution in [3.05, 3.63) is 64.4 Å². The standard InChI is InChI=1S/C19H14ClN5S/c1-11-12(2)25(14-7-4-3-6-13(14)20)18-16(11)19-22-17(15-8-5-9-26-15)23-24(19)10-21-18/h3-10H,1-2H3. The number of fused-ring (bicyclic) bond motifs is 3. The molecule has 0 unspecified atom stereocenters. The highest BCUT2D eigenvalue weighted by molar-refractivity contribution is 7.13. The van der Waals surface area contributed by atoms with Crippen LogP contribution in [0.4, 0.5) is 0 Å². The van der Waals surface area contributed by atoms with Crippen molar-refractivity contribution in [3.63, 3.8) is 0 Å². The van der Waals surface area contributed by atoms with Crippen LogP contribution in [0.25, 0.3) is 33.1 Å². The first-order valence-corrected chi connectivity index (χ1v) is 9.42. The zero-order chi connectivity index (χ0) is 17.8. The van der Waals surface area contributed by atoms with Crippen molar-refractivity contribution < 1.29 is 0 Å². The molecule has 0 aliphatic rings. The maximum Gasteiger partial charge on any atom is 0.192 e. The molecule has 0 N–H and O–H groups in total. The fourth-order valence-corrected chi connectivity index (χ4v) is 4.17. The number of benzene rings is 1. The Hall–Kier alpha value is -2.70. The van der Waals surface area contributed by atoms with E-state index < -0.39 is 0 Å². The number of thiophene rings is 1. The number of nitrogens with zero attached hydrogens (tertiary/aromatic N) is 5. The van der Waals surface area contributed by atoms with Crippen molar-refractivity contribution in [1.82, 2.24) is 24.1 Å². The molecule has 0 aliphatic carbocycles. The van der Waals surface area contributed by atoms with Gasteiger partial charge in [-0.25, -0.2) is 14.5 Å². The second-order valence-corrected chi connectivity index (χ2v) is 7.48. The fraction of sp³-hybridized carbons (Fsp3) is 0.105. The molecule has 4 heterocycles. The molecule has 7 heteroatoms. The molecule has 128 valence electrons. The van der Waals surface area contributed by atoms with Crippen LogP contribution < -0.4 is 0 Å². The summed E-state index contributed by atoms with van der Waals surface area (Å²) in [5.74, 6) is 0.719. The minimum atomic E-state index is 0.690. The first kappa shape index (κ1) is 15.5. The SMILES string of the molecule is Cc1c(C)n(-c2ccccc2Cl)c2ncn3nc(-c4cccs4)nc3c12. The summed E-state index contributed by atoms with van der Waals surface area (Å²) in [7, 11) is 0. The number of hydrogen-bond acceptors (Lipinski definition) is 4. The van der Waals surface area contributed by atoms with E-state index in [1.54, 1.807) is 22.2 Å². The third-order valence-corrected chi connectivity index (χ3v) is 5.85. The number of rotatable bonds is 2. The van der Waals surface area contributed by atoms with Gasteiger partial charge in [-0.1, -0.05) is 29.8 Å². The van der Waals surface area contributed by atoms with Gasteiger partial charge in [0.25, 0.3) is 0 Å². The smallest absolute Gasteiger partial charge is 0.192 e. The van der Waals surface area contributed by atoms with Gasteiger partial charge in [0.1, 0.15) is 6.33 Å². The third-order valence-electron chi connectivity index (χ3n) is 4.67. The summed E-state index contributed by atoms with van der Waals surface area (Å²) in [6.45, 7) is 4.17. The van der Waals surface area contributed by atoms with Crippen LogP contribution in [0.15, 0.2) is 48.1 Å². The lowest BCUT2D eigenvalue weighted by Crippen LogP contribution is -1.99. The molecule has 0 saturated carbocycles. The lowest BCUT2D eigenvalue weighted by Gasteiger charge is -2.09. The van der Waals surface area contributed by atoms with Crippen LogP contribution in [-0.4, -0.2) is 24.1 Å². The number of halogens is 1. The van der Waals surface area contributed by atoms with Gasteiger partial charge in [-0.05, 0) is 43.0 Å². The van der Waals surface area contributed by atoms with Crippen LogP contribution in [0.2, 0.25) is 5.02 Å². The first-order valence-electron chi connectivity index (χ1n) is 8.17. The zero-order valence-electron chi connectivity index (χ0n) is 14.1. The van der Waals surface area contributed by atoms with Gasteiger partial charge >= 0.3 is 0 Å². The number of para-hydroxylation sites is 1. The van der Waals surface area contributed by atoms with E-state index in [1.165, 1.54) is 0 Å². The van der Waals surface area contributed by atoms with E-state index in [4.69, 9.17) is 16.6 Å². The monoisotopic (exact) mass is 379 g/mol.